The molecule has 1 rings (SSSR count). The largest absolute Gasteiger partial charge is 0.396 e. The van der Waals surface area contributed by atoms with Crippen LogP contribution in [0.3, 0.4) is 0 Å². The van der Waals surface area contributed by atoms with Crippen LogP contribution in [0.1, 0.15) is 6.42 Å². The van der Waals surface area contributed by atoms with Gasteiger partial charge in [-0.2, -0.15) is 0 Å². The minimum Gasteiger partial charge on any atom is -0.396 e. The standard InChI is InChI=1S/C5H8OS2/c6-3-1-5-2-4-7-8-5/h2,4-6H,1,3H2. The Labute approximate surface area is 56.9 Å². The lowest BCUT2D eigenvalue weighted by atomic mass is 10.3. The summed E-state index contributed by atoms with van der Waals surface area (Å²) in [5.41, 5.74) is 0. The lowest BCUT2D eigenvalue weighted by molar-refractivity contribution is 0.291. The van der Waals surface area contributed by atoms with Crippen molar-refractivity contribution in [2.75, 3.05) is 6.61 Å². The molecule has 0 amide bonds. The third-order valence-corrected chi connectivity index (χ3v) is 3.37. The normalized spacial score (nSPS) is 26.9. The summed E-state index contributed by atoms with van der Waals surface area (Å²) in [7, 11) is 3.56. The van der Waals surface area contributed by atoms with Crippen LogP contribution in [-0.2, 0) is 0 Å². The Hall–Kier alpha value is 0.400. The minimum atomic E-state index is 0.308. The van der Waals surface area contributed by atoms with Crippen LogP contribution in [0.4, 0.5) is 0 Å². The molecular weight excluding hydrogens is 140 g/mol. The van der Waals surface area contributed by atoms with E-state index in [1.54, 1.807) is 10.8 Å². The molecule has 0 radical (unpaired) electrons. The third-order valence-electron chi connectivity index (χ3n) is 0.942. The zero-order chi connectivity index (χ0) is 5.82. The SMILES string of the molecule is OCCC1C=CSS1. The van der Waals surface area contributed by atoms with Gasteiger partial charge in [0.05, 0.1) is 0 Å². The molecule has 8 heavy (non-hydrogen) atoms. The quantitative estimate of drug-likeness (QED) is 0.601. The molecule has 0 aliphatic carbocycles. The number of rotatable bonds is 2. The van der Waals surface area contributed by atoms with E-state index in [4.69, 9.17) is 5.11 Å². The molecule has 0 bridgehead atoms. The zero-order valence-electron chi connectivity index (χ0n) is 4.41. The van der Waals surface area contributed by atoms with Gasteiger partial charge < -0.3 is 5.11 Å². The zero-order valence-corrected chi connectivity index (χ0v) is 6.04. The summed E-state index contributed by atoms with van der Waals surface area (Å²) in [6.45, 7) is 0.308. The molecule has 0 aromatic rings. The highest BCUT2D eigenvalue weighted by Gasteiger charge is 2.08. The molecule has 0 spiro atoms. The van der Waals surface area contributed by atoms with Gasteiger partial charge >= 0.3 is 0 Å². The van der Waals surface area contributed by atoms with Crippen LogP contribution in [0.2, 0.25) is 0 Å². The number of hydrogen-bond acceptors (Lipinski definition) is 3. The van der Waals surface area contributed by atoms with Crippen LogP contribution in [0.15, 0.2) is 11.5 Å². The number of aliphatic hydroxyl groups is 1. The smallest absolute Gasteiger partial charge is 0.0444 e. The summed E-state index contributed by atoms with van der Waals surface area (Å²) < 4.78 is 0. The van der Waals surface area contributed by atoms with Crippen molar-refractivity contribution in [1.82, 2.24) is 0 Å². The molecule has 1 aliphatic rings. The van der Waals surface area contributed by atoms with Gasteiger partial charge in [0, 0.05) is 11.9 Å². The van der Waals surface area contributed by atoms with Gasteiger partial charge in [-0.25, -0.2) is 0 Å². The van der Waals surface area contributed by atoms with Gasteiger partial charge in [0.15, 0.2) is 0 Å². The Balaban J connectivity index is 2.16. The molecule has 1 unspecified atom stereocenters. The molecule has 1 aliphatic heterocycles. The first-order chi connectivity index (χ1) is 3.93. The first-order valence-corrected chi connectivity index (χ1v) is 4.81. The number of hydrogen-bond donors (Lipinski definition) is 1. The van der Waals surface area contributed by atoms with Gasteiger partial charge in [0.25, 0.3) is 0 Å². The highest BCUT2D eigenvalue weighted by Crippen LogP contribution is 2.36. The van der Waals surface area contributed by atoms with E-state index >= 15 is 0 Å². The highest BCUT2D eigenvalue weighted by atomic mass is 33.1. The van der Waals surface area contributed by atoms with Crippen molar-refractivity contribution in [3.8, 4) is 0 Å². The molecule has 1 heterocycles. The fourth-order valence-electron chi connectivity index (χ4n) is 0.527. The second-order valence-corrected chi connectivity index (χ2v) is 3.99. The van der Waals surface area contributed by atoms with E-state index in [9.17, 15) is 0 Å². The van der Waals surface area contributed by atoms with E-state index in [1.165, 1.54) is 0 Å². The fraction of sp³-hybridized carbons (Fsp3) is 0.600. The van der Waals surface area contributed by atoms with Crippen molar-refractivity contribution in [1.29, 1.82) is 0 Å². The average molecular weight is 148 g/mol. The molecule has 1 N–H and O–H groups in total. The maximum Gasteiger partial charge on any atom is 0.0444 e. The van der Waals surface area contributed by atoms with Crippen LogP contribution >= 0.6 is 21.6 Å². The number of aliphatic hydroxyl groups excluding tert-OH is 1. The van der Waals surface area contributed by atoms with E-state index < -0.39 is 0 Å². The summed E-state index contributed by atoms with van der Waals surface area (Å²) in [6, 6.07) is 0. The molecule has 0 aromatic carbocycles. The lowest BCUT2D eigenvalue weighted by Gasteiger charge is -1.99. The van der Waals surface area contributed by atoms with E-state index in [1.807, 2.05) is 10.8 Å². The second kappa shape index (κ2) is 3.43. The summed E-state index contributed by atoms with van der Waals surface area (Å²) in [5, 5.41) is 11.1. The Morgan fingerprint density at radius 2 is 2.50 bits per heavy atom. The van der Waals surface area contributed by atoms with Gasteiger partial charge in [-0.3, -0.25) is 0 Å². The van der Waals surface area contributed by atoms with Gasteiger partial charge in [-0.15, -0.1) is 0 Å². The third kappa shape index (κ3) is 1.73. The maximum absolute atomic E-state index is 8.47. The molecule has 0 saturated carbocycles. The molecule has 0 saturated heterocycles. The van der Waals surface area contributed by atoms with Crippen molar-refractivity contribution < 1.29 is 5.11 Å². The Morgan fingerprint density at radius 3 is 3.00 bits per heavy atom. The van der Waals surface area contributed by atoms with Crippen LogP contribution < -0.4 is 0 Å². The van der Waals surface area contributed by atoms with Crippen molar-refractivity contribution in [2.45, 2.75) is 11.7 Å². The van der Waals surface area contributed by atoms with E-state index in [2.05, 4.69) is 11.5 Å². The molecular formula is C5H8OS2. The van der Waals surface area contributed by atoms with Crippen LogP contribution in [0.5, 0.6) is 0 Å². The minimum absolute atomic E-state index is 0.308. The van der Waals surface area contributed by atoms with E-state index in [0.29, 0.717) is 11.9 Å². The van der Waals surface area contributed by atoms with E-state index in [-0.39, 0.29) is 0 Å². The van der Waals surface area contributed by atoms with Crippen molar-refractivity contribution >= 4 is 21.6 Å². The van der Waals surface area contributed by atoms with Gasteiger partial charge in [-0.05, 0) is 11.8 Å². The topological polar surface area (TPSA) is 20.2 Å². The lowest BCUT2D eigenvalue weighted by Crippen LogP contribution is -1.96. The summed E-state index contributed by atoms with van der Waals surface area (Å²) in [6.07, 6.45) is 3.03. The highest BCUT2D eigenvalue weighted by molar-refractivity contribution is 8.78. The summed E-state index contributed by atoms with van der Waals surface area (Å²) in [5.74, 6) is 0. The molecule has 3 heteroatoms. The second-order valence-electron chi connectivity index (χ2n) is 1.57. The maximum atomic E-state index is 8.47. The molecule has 0 aromatic heterocycles. The molecule has 0 fully saturated rings. The van der Waals surface area contributed by atoms with Gasteiger partial charge in [0.2, 0.25) is 0 Å². The molecule has 1 nitrogen and oxygen atoms in total. The average Bonchev–Trinajstić information content (AvgIpc) is 2.19. The Kier molecular flexibility index (Phi) is 2.80. The molecule has 1 atom stereocenters. The summed E-state index contributed by atoms with van der Waals surface area (Å²) >= 11 is 0. The predicted molar refractivity (Wildman–Crippen MR) is 39.8 cm³/mol. The van der Waals surface area contributed by atoms with Crippen LogP contribution in [-0.4, -0.2) is 17.0 Å². The predicted octanol–water partition coefficient (Wildman–Crippen LogP) is 1.65. The van der Waals surface area contributed by atoms with Gasteiger partial charge in [-0.1, -0.05) is 27.7 Å². The van der Waals surface area contributed by atoms with Gasteiger partial charge in [0.1, 0.15) is 0 Å². The fourth-order valence-corrected chi connectivity index (χ4v) is 2.73. The molecule has 46 valence electrons. The summed E-state index contributed by atoms with van der Waals surface area (Å²) in [4.78, 5) is 0. The van der Waals surface area contributed by atoms with Crippen molar-refractivity contribution in [3.63, 3.8) is 0 Å². The van der Waals surface area contributed by atoms with Crippen molar-refractivity contribution in [3.05, 3.63) is 11.5 Å². The Bertz CT molecular complexity index is 92.4. The first-order valence-electron chi connectivity index (χ1n) is 2.53. The van der Waals surface area contributed by atoms with E-state index in [0.717, 1.165) is 6.42 Å². The Morgan fingerprint density at radius 1 is 1.62 bits per heavy atom. The van der Waals surface area contributed by atoms with Crippen LogP contribution in [0, 0.1) is 0 Å². The van der Waals surface area contributed by atoms with Crippen molar-refractivity contribution in [2.24, 2.45) is 0 Å². The monoisotopic (exact) mass is 148 g/mol. The van der Waals surface area contributed by atoms with Crippen LogP contribution in [0.25, 0.3) is 0 Å². The first kappa shape index (κ1) is 6.52.